The van der Waals surface area contributed by atoms with Crippen molar-refractivity contribution in [1.82, 2.24) is 4.90 Å². The lowest BCUT2D eigenvalue weighted by Crippen LogP contribution is -2.55. The average molecular weight is 393 g/mol. The number of hydrogen-bond donors (Lipinski definition) is 1. The highest BCUT2D eigenvalue weighted by atomic mass is 16.6. The van der Waals surface area contributed by atoms with Crippen LogP contribution in [0.4, 0.5) is 11.4 Å². The summed E-state index contributed by atoms with van der Waals surface area (Å²) in [4.78, 5) is 46.6. The topological polar surface area (TPSA) is 153 Å². The number of nitrogens with zero attached hydrogens (tertiary/aromatic N) is 3. The zero-order valence-corrected chi connectivity index (χ0v) is 15.1. The first-order valence-electron chi connectivity index (χ1n) is 8.79. The second-order valence-electron chi connectivity index (χ2n) is 7.22. The van der Waals surface area contributed by atoms with Crippen LogP contribution in [0.25, 0.3) is 0 Å². The zero-order chi connectivity index (χ0) is 20.6. The molecule has 1 amide bonds. The number of ether oxygens (including phenoxy) is 1. The molecule has 150 valence electrons. The molecule has 3 rings (SSSR count). The molecule has 1 saturated heterocycles. The van der Waals surface area contributed by atoms with Gasteiger partial charge in [0.2, 0.25) is 0 Å². The number of rotatable bonds is 4. The first kappa shape index (κ1) is 19.7. The number of non-ortho nitro benzene ring substituents is 2. The average Bonchev–Trinajstić information content (AvgIpc) is 3.02. The summed E-state index contributed by atoms with van der Waals surface area (Å²) in [5, 5.41) is 31.8. The van der Waals surface area contributed by atoms with Crippen molar-refractivity contribution in [1.29, 1.82) is 0 Å². The van der Waals surface area contributed by atoms with Crippen LogP contribution < -0.4 is 0 Å². The molecule has 1 aliphatic heterocycles. The van der Waals surface area contributed by atoms with Gasteiger partial charge >= 0.3 is 5.97 Å². The fourth-order valence-corrected chi connectivity index (χ4v) is 3.84. The molecule has 1 aliphatic carbocycles. The largest absolute Gasteiger partial charge is 0.480 e. The van der Waals surface area contributed by atoms with Gasteiger partial charge in [-0.3, -0.25) is 29.9 Å². The van der Waals surface area contributed by atoms with Gasteiger partial charge in [-0.1, -0.05) is 6.92 Å². The Kier molecular flexibility index (Phi) is 5.02. The summed E-state index contributed by atoms with van der Waals surface area (Å²) in [6.07, 6.45) is 2.32. The van der Waals surface area contributed by atoms with Crippen molar-refractivity contribution in [3.8, 4) is 0 Å². The molecule has 1 N–H and O–H groups in total. The molecule has 11 nitrogen and oxygen atoms in total. The number of benzene rings is 1. The molecule has 1 atom stereocenters. The lowest BCUT2D eigenvalue weighted by molar-refractivity contribution is -0.394. The summed E-state index contributed by atoms with van der Waals surface area (Å²) in [5.41, 5.74) is -2.66. The van der Waals surface area contributed by atoms with Gasteiger partial charge in [0.1, 0.15) is 5.72 Å². The number of aliphatic carboxylic acids is 1. The minimum Gasteiger partial charge on any atom is -0.480 e. The number of amides is 1. The van der Waals surface area contributed by atoms with Crippen LogP contribution in [0.15, 0.2) is 18.2 Å². The van der Waals surface area contributed by atoms with Crippen LogP contribution in [0.3, 0.4) is 0 Å². The minimum absolute atomic E-state index is 0.202. The van der Waals surface area contributed by atoms with Crippen molar-refractivity contribution in [3.05, 3.63) is 44.0 Å². The normalized spacial score (nSPS) is 27.0. The summed E-state index contributed by atoms with van der Waals surface area (Å²) in [7, 11) is 0. The maximum absolute atomic E-state index is 13.2. The van der Waals surface area contributed by atoms with E-state index in [1.165, 1.54) is 0 Å². The molecule has 1 heterocycles. The van der Waals surface area contributed by atoms with E-state index in [1.807, 2.05) is 6.92 Å². The Bertz CT molecular complexity index is 815. The van der Waals surface area contributed by atoms with Gasteiger partial charge in [0, 0.05) is 12.1 Å². The number of carboxylic acids is 1. The van der Waals surface area contributed by atoms with Crippen LogP contribution in [-0.4, -0.2) is 50.1 Å². The molecule has 1 aromatic carbocycles. The van der Waals surface area contributed by atoms with Crippen LogP contribution in [0, 0.1) is 26.1 Å². The third-order valence-corrected chi connectivity index (χ3v) is 5.39. The van der Waals surface area contributed by atoms with E-state index in [0.717, 1.165) is 35.9 Å². The Morgan fingerprint density at radius 2 is 1.68 bits per heavy atom. The van der Waals surface area contributed by atoms with E-state index in [-0.39, 0.29) is 12.2 Å². The van der Waals surface area contributed by atoms with E-state index in [9.17, 15) is 34.9 Å². The molecule has 11 heteroatoms. The van der Waals surface area contributed by atoms with Gasteiger partial charge in [-0.25, -0.2) is 4.79 Å². The minimum atomic E-state index is -1.26. The SMILES string of the molecule is CC1CCC2(CC1)OC[C@H](C(=O)O)N2C(=O)c1cc([N+](=O)[O-])cc([N+](=O)[O-])c1. The fraction of sp³-hybridized carbons (Fsp3) is 0.529. The van der Waals surface area contributed by atoms with Gasteiger partial charge in [-0.2, -0.15) is 0 Å². The van der Waals surface area contributed by atoms with Gasteiger partial charge in [-0.15, -0.1) is 0 Å². The predicted octanol–water partition coefficient (Wildman–Crippen LogP) is 2.33. The number of hydrogen-bond acceptors (Lipinski definition) is 7. The van der Waals surface area contributed by atoms with Crippen molar-refractivity contribution in [3.63, 3.8) is 0 Å². The molecule has 1 spiro atoms. The lowest BCUT2D eigenvalue weighted by atomic mass is 9.83. The Morgan fingerprint density at radius 1 is 1.14 bits per heavy atom. The van der Waals surface area contributed by atoms with Crippen LogP contribution >= 0.6 is 0 Å². The van der Waals surface area contributed by atoms with Crippen molar-refractivity contribution in [2.45, 2.75) is 44.4 Å². The molecule has 2 aliphatic rings. The number of nitro groups is 2. The van der Waals surface area contributed by atoms with E-state index < -0.39 is 44.9 Å². The standard InChI is InChI=1S/C17H19N3O8/c1-10-2-4-17(5-3-10)18(14(9-28-17)16(22)23)15(21)11-6-12(19(24)25)8-13(7-11)20(26)27/h6-8,10,14H,2-5,9H2,1H3,(H,22,23)/t10?,14-,17?/m1/s1. The van der Waals surface area contributed by atoms with E-state index in [0.29, 0.717) is 18.8 Å². The molecule has 1 aromatic rings. The van der Waals surface area contributed by atoms with Crippen LogP contribution in [0.2, 0.25) is 0 Å². The molecule has 0 aromatic heterocycles. The highest BCUT2D eigenvalue weighted by Gasteiger charge is 2.54. The summed E-state index contributed by atoms with van der Waals surface area (Å²) in [5.74, 6) is -1.69. The number of carbonyl (C=O) groups is 2. The quantitative estimate of drug-likeness (QED) is 0.604. The molecular formula is C17H19N3O8. The van der Waals surface area contributed by atoms with Gasteiger partial charge in [-0.05, 0) is 31.6 Å². The van der Waals surface area contributed by atoms with Gasteiger partial charge < -0.3 is 9.84 Å². The molecule has 28 heavy (non-hydrogen) atoms. The Hall–Kier alpha value is -3.08. The van der Waals surface area contributed by atoms with E-state index in [2.05, 4.69) is 0 Å². The van der Waals surface area contributed by atoms with Gasteiger partial charge in [0.15, 0.2) is 6.04 Å². The summed E-state index contributed by atoms with van der Waals surface area (Å²) in [6, 6.07) is 1.33. The second-order valence-corrected chi connectivity index (χ2v) is 7.22. The molecule has 0 unspecified atom stereocenters. The maximum Gasteiger partial charge on any atom is 0.328 e. The molecular weight excluding hydrogens is 374 g/mol. The van der Waals surface area contributed by atoms with Crippen LogP contribution in [-0.2, 0) is 9.53 Å². The fourth-order valence-electron chi connectivity index (χ4n) is 3.84. The number of nitro benzene ring substituents is 2. The number of carbonyl (C=O) groups excluding carboxylic acids is 1. The van der Waals surface area contributed by atoms with Crippen molar-refractivity contribution in [2.24, 2.45) is 5.92 Å². The monoisotopic (exact) mass is 393 g/mol. The molecule has 2 fully saturated rings. The summed E-state index contributed by atoms with van der Waals surface area (Å²) < 4.78 is 5.77. The third-order valence-electron chi connectivity index (χ3n) is 5.39. The lowest BCUT2D eigenvalue weighted by Gasteiger charge is -2.42. The predicted molar refractivity (Wildman–Crippen MR) is 93.7 cm³/mol. The highest BCUT2D eigenvalue weighted by molar-refractivity contribution is 5.98. The van der Waals surface area contributed by atoms with E-state index in [1.54, 1.807) is 0 Å². The van der Waals surface area contributed by atoms with Crippen molar-refractivity contribution in [2.75, 3.05) is 6.61 Å². The zero-order valence-electron chi connectivity index (χ0n) is 15.1. The second kappa shape index (κ2) is 7.15. The Morgan fingerprint density at radius 3 is 2.14 bits per heavy atom. The van der Waals surface area contributed by atoms with Crippen molar-refractivity contribution < 1.29 is 29.3 Å². The Balaban J connectivity index is 2.05. The van der Waals surface area contributed by atoms with Crippen molar-refractivity contribution >= 4 is 23.3 Å². The Labute approximate surface area is 159 Å². The summed E-state index contributed by atoms with van der Waals surface area (Å²) in [6.45, 7) is 1.85. The molecule has 1 saturated carbocycles. The molecule has 0 bridgehead atoms. The maximum atomic E-state index is 13.2. The van der Waals surface area contributed by atoms with Crippen LogP contribution in [0.1, 0.15) is 43.0 Å². The third kappa shape index (κ3) is 3.40. The first-order valence-corrected chi connectivity index (χ1v) is 8.79. The summed E-state index contributed by atoms with van der Waals surface area (Å²) >= 11 is 0. The highest BCUT2D eigenvalue weighted by Crippen LogP contribution is 2.43. The molecule has 0 radical (unpaired) electrons. The van der Waals surface area contributed by atoms with Crippen LogP contribution in [0.5, 0.6) is 0 Å². The number of carboxylic acid groups (broad SMARTS) is 1. The first-order chi connectivity index (χ1) is 13.1. The van der Waals surface area contributed by atoms with Gasteiger partial charge in [0.25, 0.3) is 17.3 Å². The van der Waals surface area contributed by atoms with E-state index >= 15 is 0 Å². The van der Waals surface area contributed by atoms with Gasteiger partial charge in [0.05, 0.1) is 28.1 Å². The smallest absolute Gasteiger partial charge is 0.328 e. The van der Waals surface area contributed by atoms with E-state index in [4.69, 9.17) is 4.74 Å².